The summed E-state index contributed by atoms with van der Waals surface area (Å²) < 4.78 is 13.6. The SMILES string of the molecule is Cc1cc(O)cc(C(C)(C)CO)c1F. The van der Waals surface area contributed by atoms with Crippen LogP contribution in [-0.2, 0) is 5.41 Å². The fourth-order valence-electron chi connectivity index (χ4n) is 1.33. The molecule has 14 heavy (non-hydrogen) atoms. The zero-order valence-electron chi connectivity index (χ0n) is 8.63. The molecular formula is C11H15FO2. The van der Waals surface area contributed by atoms with Gasteiger partial charge in [-0.25, -0.2) is 4.39 Å². The molecular weight excluding hydrogens is 183 g/mol. The van der Waals surface area contributed by atoms with Crippen molar-refractivity contribution in [2.45, 2.75) is 26.2 Å². The molecule has 0 aliphatic rings. The van der Waals surface area contributed by atoms with Crippen molar-refractivity contribution in [3.63, 3.8) is 0 Å². The number of halogens is 1. The second kappa shape index (κ2) is 3.58. The topological polar surface area (TPSA) is 40.5 Å². The molecule has 0 fully saturated rings. The van der Waals surface area contributed by atoms with Crippen LogP contribution in [-0.4, -0.2) is 16.8 Å². The first kappa shape index (κ1) is 11.0. The summed E-state index contributed by atoms with van der Waals surface area (Å²) in [5.41, 5.74) is 0.0622. The normalized spacial score (nSPS) is 11.8. The molecule has 2 N–H and O–H groups in total. The van der Waals surface area contributed by atoms with Crippen molar-refractivity contribution >= 4 is 0 Å². The Balaban J connectivity index is 3.34. The summed E-state index contributed by atoms with van der Waals surface area (Å²) in [7, 11) is 0. The van der Waals surface area contributed by atoms with Crippen molar-refractivity contribution < 1.29 is 14.6 Å². The van der Waals surface area contributed by atoms with Gasteiger partial charge in [-0.3, -0.25) is 0 Å². The molecule has 0 radical (unpaired) electrons. The average molecular weight is 198 g/mol. The van der Waals surface area contributed by atoms with E-state index in [9.17, 15) is 9.50 Å². The van der Waals surface area contributed by atoms with Crippen molar-refractivity contribution in [1.29, 1.82) is 0 Å². The molecule has 0 spiro atoms. The number of hydrogen-bond donors (Lipinski definition) is 2. The number of aromatic hydroxyl groups is 1. The summed E-state index contributed by atoms with van der Waals surface area (Å²) in [4.78, 5) is 0. The number of rotatable bonds is 2. The van der Waals surface area contributed by atoms with E-state index in [0.29, 0.717) is 11.1 Å². The predicted molar refractivity (Wildman–Crippen MR) is 52.9 cm³/mol. The maximum Gasteiger partial charge on any atom is 0.130 e. The van der Waals surface area contributed by atoms with E-state index in [-0.39, 0.29) is 18.2 Å². The highest BCUT2D eigenvalue weighted by atomic mass is 19.1. The lowest BCUT2D eigenvalue weighted by Crippen LogP contribution is -2.23. The van der Waals surface area contributed by atoms with E-state index >= 15 is 0 Å². The number of aliphatic hydroxyl groups excluding tert-OH is 1. The quantitative estimate of drug-likeness (QED) is 0.764. The highest BCUT2D eigenvalue weighted by Crippen LogP contribution is 2.30. The van der Waals surface area contributed by atoms with E-state index in [0.717, 1.165) is 0 Å². The van der Waals surface area contributed by atoms with Crippen LogP contribution in [0.5, 0.6) is 5.75 Å². The zero-order chi connectivity index (χ0) is 10.9. The molecule has 1 rings (SSSR count). The average Bonchev–Trinajstić information content (AvgIpc) is 2.11. The first-order valence-electron chi connectivity index (χ1n) is 4.49. The predicted octanol–water partition coefficient (Wildman–Crippen LogP) is 2.11. The fourth-order valence-corrected chi connectivity index (χ4v) is 1.33. The number of benzene rings is 1. The van der Waals surface area contributed by atoms with Crippen LogP contribution in [0.2, 0.25) is 0 Å². The van der Waals surface area contributed by atoms with Gasteiger partial charge in [0.2, 0.25) is 0 Å². The third-order valence-electron chi connectivity index (χ3n) is 2.36. The molecule has 1 aromatic rings. The summed E-state index contributed by atoms with van der Waals surface area (Å²) in [6.45, 7) is 4.88. The van der Waals surface area contributed by atoms with Crippen molar-refractivity contribution in [2.75, 3.05) is 6.61 Å². The van der Waals surface area contributed by atoms with E-state index in [1.807, 2.05) is 0 Å². The van der Waals surface area contributed by atoms with E-state index in [1.165, 1.54) is 12.1 Å². The third-order valence-corrected chi connectivity index (χ3v) is 2.36. The number of aliphatic hydroxyl groups is 1. The van der Waals surface area contributed by atoms with Gasteiger partial charge in [-0.05, 0) is 30.2 Å². The summed E-state index contributed by atoms with van der Waals surface area (Å²) >= 11 is 0. The second-order valence-electron chi connectivity index (χ2n) is 4.17. The van der Waals surface area contributed by atoms with Gasteiger partial charge in [-0.1, -0.05) is 13.8 Å². The van der Waals surface area contributed by atoms with E-state index < -0.39 is 5.41 Å². The van der Waals surface area contributed by atoms with Crippen molar-refractivity contribution in [3.8, 4) is 5.75 Å². The largest absolute Gasteiger partial charge is 0.508 e. The Kier molecular flexibility index (Phi) is 2.81. The summed E-state index contributed by atoms with van der Waals surface area (Å²) in [5.74, 6) is -0.331. The maximum atomic E-state index is 13.6. The van der Waals surface area contributed by atoms with Crippen LogP contribution in [0.25, 0.3) is 0 Å². The van der Waals surface area contributed by atoms with E-state index in [2.05, 4.69) is 0 Å². The fraction of sp³-hybridized carbons (Fsp3) is 0.455. The van der Waals surface area contributed by atoms with Crippen LogP contribution in [0.4, 0.5) is 4.39 Å². The molecule has 0 saturated heterocycles. The summed E-state index contributed by atoms with van der Waals surface area (Å²) in [5, 5.41) is 18.4. The molecule has 3 heteroatoms. The Labute approximate surface area is 83.0 Å². The number of aryl methyl sites for hydroxylation is 1. The molecule has 0 saturated carbocycles. The Bertz CT molecular complexity index is 345. The highest BCUT2D eigenvalue weighted by Gasteiger charge is 2.24. The van der Waals surface area contributed by atoms with Crippen LogP contribution in [0.15, 0.2) is 12.1 Å². The van der Waals surface area contributed by atoms with Gasteiger partial charge >= 0.3 is 0 Å². The molecule has 0 aliphatic carbocycles. The molecule has 1 aromatic carbocycles. The first-order chi connectivity index (χ1) is 6.38. The standard InChI is InChI=1S/C11H15FO2/c1-7-4-8(14)5-9(10(7)12)11(2,3)6-13/h4-5,13-14H,6H2,1-3H3. The zero-order valence-corrected chi connectivity index (χ0v) is 8.63. The first-order valence-corrected chi connectivity index (χ1v) is 4.49. The van der Waals surface area contributed by atoms with Gasteiger partial charge in [0, 0.05) is 5.41 Å². The Morgan fingerprint density at radius 1 is 1.36 bits per heavy atom. The molecule has 0 atom stereocenters. The minimum absolute atomic E-state index is 0.0282. The number of phenols is 1. The molecule has 0 bridgehead atoms. The van der Waals surface area contributed by atoms with Crippen LogP contribution < -0.4 is 0 Å². The Morgan fingerprint density at radius 3 is 2.43 bits per heavy atom. The van der Waals surface area contributed by atoms with E-state index in [4.69, 9.17) is 5.11 Å². The van der Waals surface area contributed by atoms with Crippen molar-refractivity contribution in [1.82, 2.24) is 0 Å². The van der Waals surface area contributed by atoms with E-state index in [1.54, 1.807) is 20.8 Å². The minimum Gasteiger partial charge on any atom is -0.508 e. The summed E-state index contributed by atoms with van der Waals surface area (Å²) in [6.07, 6.45) is 0. The molecule has 2 nitrogen and oxygen atoms in total. The maximum absolute atomic E-state index is 13.6. The van der Waals surface area contributed by atoms with Crippen molar-refractivity contribution in [2.24, 2.45) is 0 Å². The number of phenolic OH excluding ortho intramolecular Hbond substituents is 1. The highest BCUT2D eigenvalue weighted by molar-refractivity contribution is 5.38. The Morgan fingerprint density at radius 2 is 1.93 bits per heavy atom. The van der Waals surface area contributed by atoms with Gasteiger partial charge in [-0.2, -0.15) is 0 Å². The van der Waals surface area contributed by atoms with Crippen LogP contribution >= 0.6 is 0 Å². The molecule has 0 heterocycles. The lowest BCUT2D eigenvalue weighted by atomic mass is 9.84. The van der Waals surface area contributed by atoms with Gasteiger partial charge in [-0.15, -0.1) is 0 Å². The molecule has 78 valence electrons. The molecule has 0 unspecified atom stereocenters. The third kappa shape index (κ3) is 1.87. The van der Waals surface area contributed by atoms with Crippen LogP contribution in [0, 0.1) is 12.7 Å². The van der Waals surface area contributed by atoms with Gasteiger partial charge in [0.1, 0.15) is 11.6 Å². The summed E-state index contributed by atoms with van der Waals surface area (Å²) in [6, 6.07) is 2.73. The number of hydrogen-bond acceptors (Lipinski definition) is 2. The van der Waals surface area contributed by atoms with Crippen LogP contribution in [0.1, 0.15) is 25.0 Å². The van der Waals surface area contributed by atoms with Gasteiger partial charge < -0.3 is 10.2 Å². The second-order valence-corrected chi connectivity index (χ2v) is 4.17. The smallest absolute Gasteiger partial charge is 0.130 e. The molecule has 0 aromatic heterocycles. The Hall–Kier alpha value is -1.09. The van der Waals surface area contributed by atoms with Gasteiger partial charge in [0.15, 0.2) is 0 Å². The van der Waals surface area contributed by atoms with Crippen molar-refractivity contribution in [3.05, 3.63) is 29.1 Å². The van der Waals surface area contributed by atoms with Gasteiger partial charge in [0.05, 0.1) is 6.61 Å². The van der Waals surface area contributed by atoms with Crippen LogP contribution in [0.3, 0.4) is 0 Å². The lowest BCUT2D eigenvalue weighted by molar-refractivity contribution is 0.214. The lowest BCUT2D eigenvalue weighted by Gasteiger charge is -2.23. The molecule has 0 amide bonds. The minimum atomic E-state index is -0.673. The van der Waals surface area contributed by atoms with Gasteiger partial charge in [0.25, 0.3) is 0 Å². The molecule has 0 aliphatic heterocycles. The monoisotopic (exact) mass is 198 g/mol.